The standard InChI is InChI=1S/C20H19N/c1-17-9-8-14-20(16-15-17)21(18-10-4-2-5-11-18)19-12-6-3-7-13-19/h2-15H,16H2,1H3. The molecule has 0 unspecified atom stereocenters. The fourth-order valence-electron chi connectivity index (χ4n) is 2.51. The average molecular weight is 273 g/mol. The lowest BCUT2D eigenvalue weighted by Crippen LogP contribution is -2.15. The van der Waals surface area contributed by atoms with Gasteiger partial charge in [-0.2, -0.15) is 0 Å². The molecular weight excluding hydrogens is 254 g/mol. The Morgan fingerprint density at radius 2 is 1.38 bits per heavy atom. The van der Waals surface area contributed by atoms with Crippen LogP contribution in [0, 0.1) is 0 Å². The van der Waals surface area contributed by atoms with Crippen LogP contribution in [-0.2, 0) is 0 Å². The van der Waals surface area contributed by atoms with E-state index in [-0.39, 0.29) is 0 Å². The van der Waals surface area contributed by atoms with Gasteiger partial charge in [-0.1, -0.05) is 60.2 Å². The molecule has 0 saturated heterocycles. The van der Waals surface area contributed by atoms with Gasteiger partial charge in [0.2, 0.25) is 0 Å². The average Bonchev–Trinajstić information content (AvgIpc) is 2.75. The van der Waals surface area contributed by atoms with Crippen molar-refractivity contribution >= 4 is 11.4 Å². The van der Waals surface area contributed by atoms with Crippen LogP contribution < -0.4 is 4.90 Å². The zero-order chi connectivity index (χ0) is 14.5. The Hall–Kier alpha value is -2.54. The van der Waals surface area contributed by atoms with Crippen molar-refractivity contribution in [2.75, 3.05) is 4.90 Å². The Morgan fingerprint density at radius 3 is 1.95 bits per heavy atom. The van der Waals surface area contributed by atoms with Crippen molar-refractivity contribution in [2.45, 2.75) is 13.3 Å². The summed E-state index contributed by atoms with van der Waals surface area (Å²) < 4.78 is 0. The number of rotatable bonds is 3. The van der Waals surface area contributed by atoms with Gasteiger partial charge in [-0.3, -0.25) is 0 Å². The monoisotopic (exact) mass is 273 g/mol. The van der Waals surface area contributed by atoms with E-state index in [1.54, 1.807) is 0 Å². The molecule has 1 aliphatic carbocycles. The van der Waals surface area contributed by atoms with Gasteiger partial charge in [0.1, 0.15) is 0 Å². The highest BCUT2D eigenvalue weighted by Gasteiger charge is 2.13. The molecule has 3 rings (SSSR count). The molecule has 0 atom stereocenters. The molecule has 0 fully saturated rings. The molecule has 1 heteroatoms. The minimum Gasteiger partial charge on any atom is -0.314 e. The maximum atomic E-state index is 2.32. The Morgan fingerprint density at radius 1 is 0.810 bits per heavy atom. The van der Waals surface area contributed by atoms with E-state index in [0.717, 1.165) is 6.42 Å². The van der Waals surface area contributed by atoms with Crippen molar-refractivity contribution in [1.82, 2.24) is 0 Å². The summed E-state index contributed by atoms with van der Waals surface area (Å²) in [6, 6.07) is 21.0. The van der Waals surface area contributed by atoms with E-state index in [1.165, 1.54) is 22.6 Å². The molecule has 2 aromatic carbocycles. The molecule has 2 aromatic rings. The predicted octanol–water partition coefficient (Wildman–Crippen LogP) is 5.61. The van der Waals surface area contributed by atoms with Crippen LogP contribution in [0.15, 0.2) is 96.2 Å². The van der Waals surface area contributed by atoms with Crippen molar-refractivity contribution in [3.8, 4) is 0 Å². The summed E-state index contributed by atoms with van der Waals surface area (Å²) in [5.74, 6) is 0. The SMILES string of the molecule is CC1=CCC(N(c2ccccc2)c2ccccc2)=CC=C1. The van der Waals surface area contributed by atoms with Gasteiger partial charge in [0.05, 0.1) is 0 Å². The first-order valence-corrected chi connectivity index (χ1v) is 7.29. The molecule has 1 nitrogen and oxygen atoms in total. The number of allylic oxidation sites excluding steroid dienone is 5. The lowest BCUT2D eigenvalue weighted by Gasteiger charge is -2.27. The van der Waals surface area contributed by atoms with E-state index >= 15 is 0 Å². The fourth-order valence-corrected chi connectivity index (χ4v) is 2.51. The molecule has 0 spiro atoms. The molecular formula is C20H19N. The Bertz CT molecular complexity index is 636. The molecule has 0 aliphatic heterocycles. The highest BCUT2D eigenvalue weighted by molar-refractivity contribution is 5.68. The number of anilines is 2. The van der Waals surface area contributed by atoms with Crippen LogP contribution >= 0.6 is 0 Å². The number of hydrogen-bond donors (Lipinski definition) is 0. The first kappa shape index (κ1) is 13.4. The van der Waals surface area contributed by atoms with Crippen molar-refractivity contribution in [1.29, 1.82) is 0 Å². The van der Waals surface area contributed by atoms with E-state index in [9.17, 15) is 0 Å². The van der Waals surface area contributed by atoms with E-state index in [4.69, 9.17) is 0 Å². The summed E-state index contributed by atoms with van der Waals surface area (Å²) in [4.78, 5) is 2.32. The summed E-state index contributed by atoms with van der Waals surface area (Å²) in [7, 11) is 0. The lowest BCUT2D eigenvalue weighted by molar-refractivity contribution is 1.08. The fraction of sp³-hybridized carbons (Fsp3) is 0.100. The molecule has 0 bridgehead atoms. The van der Waals surface area contributed by atoms with Crippen molar-refractivity contribution < 1.29 is 0 Å². The Labute approximate surface area is 126 Å². The van der Waals surface area contributed by atoms with Crippen LogP contribution in [0.1, 0.15) is 13.3 Å². The number of nitrogens with zero attached hydrogens (tertiary/aromatic N) is 1. The maximum absolute atomic E-state index is 2.32. The third kappa shape index (κ3) is 3.14. The summed E-state index contributed by atoms with van der Waals surface area (Å²) in [5, 5.41) is 0. The van der Waals surface area contributed by atoms with E-state index < -0.39 is 0 Å². The Balaban J connectivity index is 2.06. The summed E-state index contributed by atoms with van der Waals surface area (Å²) >= 11 is 0. The second kappa shape index (κ2) is 6.27. The van der Waals surface area contributed by atoms with Crippen LogP contribution in [0.2, 0.25) is 0 Å². The lowest BCUT2D eigenvalue weighted by atomic mass is 10.1. The summed E-state index contributed by atoms with van der Waals surface area (Å²) in [6.45, 7) is 2.14. The molecule has 21 heavy (non-hydrogen) atoms. The summed E-state index contributed by atoms with van der Waals surface area (Å²) in [5.41, 5.74) is 4.97. The van der Waals surface area contributed by atoms with Gasteiger partial charge in [0.15, 0.2) is 0 Å². The third-order valence-electron chi connectivity index (χ3n) is 3.60. The van der Waals surface area contributed by atoms with Gasteiger partial charge >= 0.3 is 0 Å². The first-order chi connectivity index (χ1) is 10.3. The van der Waals surface area contributed by atoms with Crippen LogP contribution in [0.5, 0.6) is 0 Å². The van der Waals surface area contributed by atoms with Crippen LogP contribution in [0.4, 0.5) is 11.4 Å². The first-order valence-electron chi connectivity index (χ1n) is 7.29. The molecule has 0 N–H and O–H groups in total. The van der Waals surface area contributed by atoms with E-state index in [1.807, 2.05) is 0 Å². The normalized spacial score (nSPS) is 14.1. The third-order valence-corrected chi connectivity index (χ3v) is 3.60. The topological polar surface area (TPSA) is 3.24 Å². The van der Waals surface area contributed by atoms with Crippen LogP contribution in [0.25, 0.3) is 0 Å². The largest absolute Gasteiger partial charge is 0.314 e. The van der Waals surface area contributed by atoms with E-state index in [0.29, 0.717) is 0 Å². The van der Waals surface area contributed by atoms with Crippen LogP contribution in [0.3, 0.4) is 0 Å². The van der Waals surface area contributed by atoms with Crippen molar-refractivity contribution in [3.63, 3.8) is 0 Å². The number of benzene rings is 2. The number of para-hydroxylation sites is 2. The highest BCUT2D eigenvalue weighted by Crippen LogP contribution is 2.31. The van der Waals surface area contributed by atoms with Gasteiger partial charge in [0, 0.05) is 23.5 Å². The highest BCUT2D eigenvalue weighted by atomic mass is 15.1. The molecule has 1 aliphatic rings. The van der Waals surface area contributed by atoms with Crippen molar-refractivity contribution in [2.24, 2.45) is 0 Å². The van der Waals surface area contributed by atoms with Gasteiger partial charge < -0.3 is 4.90 Å². The van der Waals surface area contributed by atoms with Crippen molar-refractivity contribution in [3.05, 3.63) is 96.2 Å². The molecule has 0 heterocycles. The smallest absolute Gasteiger partial charge is 0.0458 e. The predicted molar refractivity (Wildman–Crippen MR) is 90.6 cm³/mol. The Kier molecular flexibility index (Phi) is 4.02. The minimum absolute atomic E-state index is 0.933. The molecule has 0 aromatic heterocycles. The van der Waals surface area contributed by atoms with Gasteiger partial charge in [-0.15, -0.1) is 0 Å². The second-order valence-corrected chi connectivity index (χ2v) is 5.18. The molecule has 0 radical (unpaired) electrons. The molecule has 0 saturated carbocycles. The minimum atomic E-state index is 0.933. The van der Waals surface area contributed by atoms with Gasteiger partial charge in [0.25, 0.3) is 0 Å². The zero-order valence-electron chi connectivity index (χ0n) is 12.2. The molecule has 104 valence electrons. The quantitative estimate of drug-likeness (QED) is 0.702. The maximum Gasteiger partial charge on any atom is 0.0458 e. The second-order valence-electron chi connectivity index (χ2n) is 5.18. The van der Waals surface area contributed by atoms with Crippen LogP contribution in [-0.4, -0.2) is 0 Å². The van der Waals surface area contributed by atoms with Gasteiger partial charge in [-0.25, -0.2) is 0 Å². The van der Waals surface area contributed by atoms with Gasteiger partial charge in [-0.05, 0) is 37.3 Å². The summed E-state index contributed by atoms with van der Waals surface area (Å²) in [6.07, 6.45) is 9.69. The molecule has 0 amide bonds. The number of hydrogen-bond acceptors (Lipinski definition) is 1. The van der Waals surface area contributed by atoms with E-state index in [2.05, 4.69) is 96.8 Å². The zero-order valence-corrected chi connectivity index (χ0v) is 12.2.